The van der Waals surface area contributed by atoms with Crippen LogP contribution in [0.2, 0.25) is 0 Å². The summed E-state index contributed by atoms with van der Waals surface area (Å²) in [5, 5.41) is 12.2. The van der Waals surface area contributed by atoms with E-state index in [1.165, 1.54) is 11.3 Å². The molecule has 1 aromatic heterocycles. The second-order valence-corrected chi connectivity index (χ2v) is 5.48. The number of rotatable bonds is 4. The van der Waals surface area contributed by atoms with E-state index < -0.39 is 6.10 Å². The number of aliphatic hydroxyl groups is 1. The van der Waals surface area contributed by atoms with Crippen LogP contribution in [0.5, 0.6) is 11.5 Å². The lowest BCUT2D eigenvalue weighted by atomic mass is 10.1. The number of benzene rings is 1. The third-order valence-corrected chi connectivity index (χ3v) is 4.18. The molecule has 0 radical (unpaired) electrons. The van der Waals surface area contributed by atoms with E-state index in [1.807, 2.05) is 29.6 Å². The van der Waals surface area contributed by atoms with E-state index in [2.05, 4.69) is 15.9 Å². The van der Waals surface area contributed by atoms with Crippen molar-refractivity contribution in [2.45, 2.75) is 6.10 Å². The Kier molecular flexibility index (Phi) is 4.27. The summed E-state index contributed by atoms with van der Waals surface area (Å²) in [6.07, 6.45) is -0.652. The zero-order valence-corrected chi connectivity index (χ0v) is 12.4. The van der Waals surface area contributed by atoms with Crippen molar-refractivity contribution in [2.75, 3.05) is 14.2 Å². The maximum atomic E-state index is 10.3. The average Bonchev–Trinajstić information content (AvgIpc) is 2.86. The first-order valence-electron chi connectivity index (χ1n) is 5.29. The Balaban J connectivity index is 2.27. The highest BCUT2D eigenvalue weighted by molar-refractivity contribution is 9.10. The van der Waals surface area contributed by atoms with Gasteiger partial charge in [0.15, 0.2) is 0 Å². The Bertz CT molecular complexity index is 539. The Morgan fingerprint density at radius 3 is 2.56 bits per heavy atom. The fourth-order valence-corrected chi connectivity index (χ4v) is 3.03. The summed E-state index contributed by atoms with van der Waals surface area (Å²) >= 11 is 4.88. The van der Waals surface area contributed by atoms with Gasteiger partial charge in [-0.15, -0.1) is 11.3 Å². The van der Waals surface area contributed by atoms with Crippen LogP contribution < -0.4 is 9.47 Å². The molecule has 18 heavy (non-hydrogen) atoms. The van der Waals surface area contributed by atoms with Crippen LogP contribution in [-0.4, -0.2) is 19.3 Å². The van der Waals surface area contributed by atoms with Gasteiger partial charge in [-0.1, -0.05) is 6.07 Å². The topological polar surface area (TPSA) is 38.7 Å². The molecular formula is C13H13BrO3S. The van der Waals surface area contributed by atoms with Crippen LogP contribution in [0.3, 0.4) is 0 Å². The minimum Gasteiger partial charge on any atom is -0.496 e. The van der Waals surface area contributed by atoms with Crippen LogP contribution in [-0.2, 0) is 0 Å². The quantitative estimate of drug-likeness (QED) is 0.931. The van der Waals surface area contributed by atoms with Gasteiger partial charge in [0, 0.05) is 10.3 Å². The Hall–Kier alpha value is -1.04. The van der Waals surface area contributed by atoms with Crippen LogP contribution in [0.1, 0.15) is 16.5 Å². The van der Waals surface area contributed by atoms with Gasteiger partial charge in [0.05, 0.1) is 18.7 Å². The highest BCUT2D eigenvalue weighted by atomic mass is 79.9. The number of hydrogen-bond donors (Lipinski definition) is 1. The fourth-order valence-electron chi connectivity index (χ4n) is 1.60. The minimum absolute atomic E-state index is 0.652. The van der Waals surface area contributed by atoms with Crippen LogP contribution in [0.4, 0.5) is 0 Å². The number of aliphatic hydroxyl groups excluding tert-OH is 1. The SMILES string of the molecule is COc1csc(C(O)c2ccc(OC)c(Br)c2)c1. The van der Waals surface area contributed by atoms with E-state index in [9.17, 15) is 5.11 Å². The van der Waals surface area contributed by atoms with Crippen LogP contribution in [0.25, 0.3) is 0 Å². The van der Waals surface area contributed by atoms with Crippen molar-refractivity contribution >= 4 is 27.3 Å². The molecule has 2 aromatic rings. The zero-order valence-electron chi connectivity index (χ0n) is 10.0. The molecule has 0 saturated heterocycles. The standard InChI is InChI=1S/C13H13BrO3S/c1-16-9-6-12(18-7-9)13(15)8-3-4-11(17-2)10(14)5-8/h3-7,13,15H,1-2H3. The molecule has 0 bridgehead atoms. The molecule has 0 amide bonds. The molecule has 1 unspecified atom stereocenters. The summed E-state index contributed by atoms with van der Waals surface area (Å²) in [5.41, 5.74) is 0.812. The summed E-state index contributed by atoms with van der Waals surface area (Å²) in [7, 11) is 3.22. The first-order chi connectivity index (χ1) is 8.65. The molecule has 5 heteroatoms. The first kappa shape index (κ1) is 13.4. The van der Waals surface area contributed by atoms with Gasteiger partial charge in [-0.05, 0) is 39.7 Å². The van der Waals surface area contributed by atoms with Crippen molar-refractivity contribution in [1.82, 2.24) is 0 Å². The molecular weight excluding hydrogens is 316 g/mol. The molecule has 0 fully saturated rings. The normalized spacial score (nSPS) is 12.2. The Morgan fingerprint density at radius 2 is 2.00 bits per heavy atom. The second kappa shape index (κ2) is 5.73. The molecule has 1 aromatic carbocycles. The molecule has 1 heterocycles. The molecule has 3 nitrogen and oxygen atoms in total. The van der Waals surface area contributed by atoms with Crippen molar-refractivity contribution in [3.63, 3.8) is 0 Å². The average molecular weight is 329 g/mol. The molecule has 0 aliphatic carbocycles. The van der Waals surface area contributed by atoms with Gasteiger partial charge in [0.1, 0.15) is 17.6 Å². The lowest BCUT2D eigenvalue weighted by molar-refractivity contribution is 0.223. The maximum absolute atomic E-state index is 10.3. The number of hydrogen-bond acceptors (Lipinski definition) is 4. The van der Waals surface area contributed by atoms with Crippen LogP contribution in [0.15, 0.2) is 34.1 Å². The second-order valence-electron chi connectivity index (χ2n) is 3.69. The van der Waals surface area contributed by atoms with Crippen molar-refractivity contribution in [2.24, 2.45) is 0 Å². The lowest BCUT2D eigenvalue weighted by Crippen LogP contribution is -1.97. The van der Waals surface area contributed by atoms with Crippen molar-refractivity contribution in [3.8, 4) is 11.5 Å². The number of halogens is 1. The maximum Gasteiger partial charge on any atom is 0.133 e. The largest absolute Gasteiger partial charge is 0.496 e. The van der Waals surface area contributed by atoms with E-state index in [4.69, 9.17) is 9.47 Å². The molecule has 96 valence electrons. The molecule has 2 rings (SSSR count). The fraction of sp³-hybridized carbons (Fsp3) is 0.231. The van der Waals surface area contributed by atoms with Gasteiger partial charge in [-0.3, -0.25) is 0 Å². The molecule has 0 saturated carbocycles. The summed E-state index contributed by atoms with van der Waals surface area (Å²) in [6.45, 7) is 0. The van der Waals surface area contributed by atoms with Crippen molar-refractivity contribution < 1.29 is 14.6 Å². The van der Waals surface area contributed by atoms with Gasteiger partial charge < -0.3 is 14.6 Å². The van der Waals surface area contributed by atoms with E-state index >= 15 is 0 Å². The molecule has 1 N–H and O–H groups in total. The van der Waals surface area contributed by atoms with Crippen molar-refractivity contribution in [1.29, 1.82) is 0 Å². The molecule has 0 spiro atoms. The smallest absolute Gasteiger partial charge is 0.133 e. The number of thiophene rings is 1. The summed E-state index contributed by atoms with van der Waals surface area (Å²) < 4.78 is 11.1. The van der Waals surface area contributed by atoms with Gasteiger partial charge in [-0.25, -0.2) is 0 Å². The van der Waals surface area contributed by atoms with Gasteiger partial charge in [0.25, 0.3) is 0 Å². The van der Waals surface area contributed by atoms with Crippen LogP contribution >= 0.6 is 27.3 Å². The summed E-state index contributed by atoms with van der Waals surface area (Å²) in [6, 6.07) is 7.37. The van der Waals surface area contributed by atoms with Crippen LogP contribution in [0, 0.1) is 0 Å². The first-order valence-corrected chi connectivity index (χ1v) is 6.97. The molecule has 0 aliphatic rings. The highest BCUT2D eigenvalue weighted by Crippen LogP contribution is 2.34. The number of ether oxygens (including phenoxy) is 2. The Morgan fingerprint density at radius 1 is 1.22 bits per heavy atom. The van der Waals surface area contributed by atoms with E-state index in [0.29, 0.717) is 0 Å². The summed E-state index contributed by atoms with van der Waals surface area (Å²) in [5.74, 6) is 1.51. The highest BCUT2D eigenvalue weighted by Gasteiger charge is 2.14. The van der Waals surface area contributed by atoms with E-state index in [0.717, 1.165) is 26.4 Å². The van der Waals surface area contributed by atoms with Crippen molar-refractivity contribution in [3.05, 3.63) is 44.6 Å². The van der Waals surface area contributed by atoms with Gasteiger partial charge >= 0.3 is 0 Å². The number of methoxy groups -OCH3 is 2. The van der Waals surface area contributed by atoms with Gasteiger partial charge in [-0.2, -0.15) is 0 Å². The van der Waals surface area contributed by atoms with Gasteiger partial charge in [0.2, 0.25) is 0 Å². The minimum atomic E-state index is -0.652. The molecule has 0 aliphatic heterocycles. The van der Waals surface area contributed by atoms with E-state index in [1.54, 1.807) is 14.2 Å². The predicted molar refractivity (Wildman–Crippen MR) is 75.6 cm³/mol. The third kappa shape index (κ3) is 2.68. The van der Waals surface area contributed by atoms with E-state index in [-0.39, 0.29) is 0 Å². The third-order valence-electron chi connectivity index (χ3n) is 2.59. The Labute approximate surface area is 118 Å². The zero-order chi connectivity index (χ0) is 13.1. The summed E-state index contributed by atoms with van der Waals surface area (Å²) in [4.78, 5) is 0.851. The lowest BCUT2D eigenvalue weighted by Gasteiger charge is -2.11. The predicted octanol–water partition coefficient (Wildman–Crippen LogP) is 3.61. The molecule has 1 atom stereocenters. The monoisotopic (exact) mass is 328 g/mol.